The number of hydrogen-bond donors (Lipinski definition) is 1. The molecule has 0 radical (unpaired) electrons. The smallest absolute Gasteiger partial charge is 0.264 e. The van der Waals surface area contributed by atoms with Gasteiger partial charge in [-0.3, -0.25) is 13.9 Å². The number of hydrogen-bond acceptors (Lipinski definition) is 4. The fourth-order valence-electron chi connectivity index (χ4n) is 3.84. The molecule has 0 spiro atoms. The summed E-state index contributed by atoms with van der Waals surface area (Å²) in [6, 6.07) is 17.7. The minimum Gasteiger partial charge on any atom is -0.352 e. The van der Waals surface area contributed by atoms with Crippen molar-refractivity contribution in [2.45, 2.75) is 57.6 Å². The highest BCUT2D eigenvalue weighted by molar-refractivity contribution is 9.10. The fraction of sp³-hybridized carbons (Fsp3) is 0.310. The Morgan fingerprint density at radius 2 is 1.59 bits per heavy atom. The van der Waals surface area contributed by atoms with Gasteiger partial charge in [0.05, 0.1) is 10.6 Å². The predicted octanol–water partition coefficient (Wildman–Crippen LogP) is 5.42. The second-order valence-corrected chi connectivity index (χ2v) is 12.2. The van der Waals surface area contributed by atoms with E-state index in [2.05, 4.69) is 21.2 Å². The van der Waals surface area contributed by atoms with E-state index in [0.717, 1.165) is 26.0 Å². The van der Waals surface area contributed by atoms with Crippen LogP contribution in [0.15, 0.2) is 82.2 Å². The lowest BCUT2D eigenvalue weighted by Gasteiger charge is -2.32. The minimum absolute atomic E-state index is 0.0525. The van der Waals surface area contributed by atoms with Gasteiger partial charge in [-0.15, -0.1) is 0 Å². The van der Waals surface area contributed by atoms with Gasteiger partial charge in [0.2, 0.25) is 11.8 Å². The lowest BCUT2D eigenvalue weighted by molar-refractivity contribution is -0.139. The van der Waals surface area contributed by atoms with Crippen molar-refractivity contribution < 1.29 is 22.4 Å². The van der Waals surface area contributed by atoms with Gasteiger partial charge in [0, 0.05) is 17.1 Å². The summed E-state index contributed by atoms with van der Waals surface area (Å²) >= 11 is 3.39. The number of rotatable bonds is 11. The van der Waals surface area contributed by atoms with Crippen molar-refractivity contribution in [3.63, 3.8) is 0 Å². The average molecular weight is 619 g/mol. The minimum atomic E-state index is -4.33. The van der Waals surface area contributed by atoms with Crippen molar-refractivity contribution in [2.24, 2.45) is 0 Å². The fourth-order valence-corrected chi connectivity index (χ4v) is 5.53. The first-order valence-corrected chi connectivity index (χ1v) is 14.9. The zero-order chi connectivity index (χ0) is 28.7. The van der Waals surface area contributed by atoms with Crippen LogP contribution in [0.1, 0.15) is 38.3 Å². The van der Waals surface area contributed by atoms with E-state index in [1.165, 1.54) is 35.2 Å². The Balaban J connectivity index is 2.03. The number of amides is 2. The first-order valence-electron chi connectivity index (χ1n) is 12.6. The van der Waals surface area contributed by atoms with Crippen LogP contribution in [-0.2, 0) is 26.2 Å². The maximum Gasteiger partial charge on any atom is 0.264 e. The van der Waals surface area contributed by atoms with Crippen LogP contribution in [0.2, 0.25) is 0 Å². The van der Waals surface area contributed by atoms with E-state index in [-0.39, 0.29) is 29.1 Å². The molecule has 0 heterocycles. The Hall–Kier alpha value is -3.24. The molecule has 3 aromatic carbocycles. The molecule has 1 N–H and O–H groups in total. The van der Waals surface area contributed by atoms with Crippen LogP contribution in [-0.4, -0.2) is 43.8 Å². The van der Waals surface area contributed by atoms with Gasteiger partial charge in [-0.25, -0.2) is 12.8 Å². The van der Waals surface area contributed by atoms with Crippen LogP contribution < -0.4 is 9.62 Å². The number of carbonyl (C=O) groups is 2. The molecule has 39 heavy (non-hydrogen) atoms. The molecule has 0 saturated carbocycles. The van der Waals surface area contributed by atoms with E-state index in [0.29, 0.717) is 6.42 Å². The summed E-state index contributed by atoms with van der Waals surface area (Å²) in [4.78, 5) is 28.2. The maximum absolute atomic E-state index is 15.0. The highest BCUT2D eigenvalue weighted by atomic mass is 79.9. The van der Waals surface area contributed by atoms with E-state index in [1.807, 2.05) is 32.9 Å². The Morgan fingerprint density at radius 3 is 2.18 bits per heavy atom. The highest BCUT2D eigenvalue weighted by Gasteiger charge is 2.33. The van der Waals surface area contributed by atoms with Crippen LogP contribution in [0.25, 0.3) is 0 Å². The monoisotopic (exact) mass is 617 g/mol. The summed E-state index contributed by atoms with van der Waals surface area (Å²) in [5.41, 5.74) is 1.34. The molecule has 3 rings (SSSR count). The number of sulfonamides is 1. The number of nitrogens with one attached hydrogen (secondary N) is 1. The highest BCUT2D eigenvalue weighted by Crippen LogP contribution is 2.27. The molecular weight excluding hydrogens is 585 g/mol. The second kappa shape index (κ2) is 13.2. The van der Waals surface area contributed by atoms with Crippen molar-refractivity contribution in [1.29, 1.82) is 0 Å². The first-order chi connectivity index (χ1) is 18.4. The quantitative estimate of drug-likeness (QED) is 0.311. The van der Waals surface area contributed by atoms with Crippen LogP contribution in [0.3, 0.4) is 0 Å². The Bertz CT molecular complexity index is 1400. The summed E-state index contributed by atoms with van der Waals surface area (Å²) in [6.07, 6.45) is 0.703. The lowest BCUT2D eigenvalue weighted by Crippen LogP contribution is -2.52. The van der Waals surface area contributed by atoms with Crippen molar-refractivity contribution >= 4 is 43.5 Å². The molecular formula is C29H33BrFN3O4S. The SMILES string of the molecule is CC[C@H](C)NC(=O)[C@H](C)N(Cc1ccc(Br)cc1)C(=O)CN(c1ccccc1F)S(=O)(=O)c1ccc(C)cc1. The van der Waals surface area contributed by atoms with Gasteiger partial charge < -0.3 is 10.2 Å². The zero-order valence-corrected chi connectivity index (χ0v) is 24.8. The number of halogens is 2. The van der Waals surface area contributed by atoms with Crippen molar-refractivity contribution in [1.82, 2.24) is 10.2 Å². The third-order valence-electron chi connectivity index (χ3n) is 6.44. The molecule has 10 heteroatoms. The van der Waals surface area contributed by atoms with Gasteiger partial charge in [0.15, 0.2) is 0 Å². The number of nitrogens with zero attached hydrogens (tertiary/aromatic N) is 2. The molecule has 0 unspecified atom stereocenters. The molecule has 3 aromatic rings. The Labute approximate surface area is 238 Å². The summed E-state index contributed by atoms with van der Waals surface area (Å²) in [5.74, 6) is -1.81. The van der Waals surface area contributed by atoms with E-state index in [4.69, 9.17) is 0 Å². The van der Waals surface area contributed by atoms with Crippen molar-refractivity contribution in [3.05, 3.63) is 94.2 Å². The largest absolute Gasteiger partial charge is 0.352 e. The molecule has 0 aliphatic carbocycles. The predicted molar refractivity (Wildman–Crippen MR) is 154 cm³/mol. The third-order valence-corrected chi connectivity index (χ3v) is 8.75. The Kier molecular flexibility index (Phi) is 10.3. The first kappa shape index (κ1) is 30.3. The molecule has 0 aromatic heterocycles. The standard InChI is InChI=1S/C29H33BrFN3O4S/c1-5-21(3)32-29(36)22(4)33(18-23-12-14-24(30)15-13-23)28(35)19-34(27-9-7-6-8-26(27)31)39(37,38)25-16-10-20(2)11-17-25/h6-17,21-22H,5,18-19H2,1-4H3,(H,32,36)/t21-,22-/m0/s1. The third kappa shape index (κ3) is 7.67. The lowest BCUT2D eigenvalue weighted by atomic mass is 10.1. The summed E-state index contributed by atoms with van der Waals surface area (Å²) < 4.78 is 44.1. The summed E-state index contributed by atoms with van der Waals surface area (Å²) in [5, 5.41) is 2.88. The van der Waals surface area contributed by atoms with Crippen LogP contribution in [0.5, 0.6) is 0 Å². The number of benzene rings is 3. The number of carbonyl (C=O) groups excluding carboxylic acids is 2. The molecule has 0 fully saturated rings. The van der Waals surface area contributed by atoms with Gasteiger partial charge in [0.1, 0.15) is 18.4 Å². The maximum atomic E-state index is 15.0. The molecule has 0 bridgehead atoms. The summed E-state index contributed by atoms with van der Waals surface area (Å²) in [6.45, 7) is 6.56. The number of anilines is 1. The molecule has 2 atom stereocenters. The van der Waals surface area contributed by atoms with Crippen molar-refractivity contribution in [3.8, 4) is 0 Å². The van der Waals surface area contributed by atoms with Gasteiger partial charge >= 0.3 is 0 Å². The molecule has 208 valence electrons. The number of para-hydroxylation sites is 1. The van der Waals surface area contributed by atoms with Gasteiger partial charge in [-0.2, -0.15) is 0 Å². The average Bonchev–Trinajstić information content (AvgIpc) is 2.91. The normalized spacial score (nSPS) is 12.9. The summed E-state index contributed by atoms with van der Waals surface area (Å²) in [7, 11) is -4.33. The van der Waals surface area contributed by atoms with Crippen LogP contribution in [0, 0.1) is 12.7 Å². The molecule has 7 nitrogen and oxygen atoms in total. The van der Waals surface area contributed by atoms with Crippen molar-refractivity contribution in [2.75, 3.05) is 10.8 Å². The second-order valence-electron chi connectivity index (χ2n) is 9.42. The molecule has 0 aliphatic rings. The zero-order valence-electron chi connectivity index (χ0n) is 22.4. The number of aryl methyl sites for hydroxylation is 1. The molecule has 2 amide bonds. The molecule has 0 saturated heterocycles. The van der Waals surface area contributed by atoms with Crippen LogP contribution in [0.4, 0.5) is 10.1 Å². The van der Waals surface area contributed by atoms with Gasteiger partial charge in [-0.05, 0) is 69.2 Å². The molecule has 0 aliphatic heterocycles. The van der Waals surface area contributed by atoms with Crippen LogP contribution >= 0.6 is 15.9 Å². The van der Waals surface area contributed by atoms with E-state index in [9.17, 15) is 22.4 Å². The topological polar surface area (TPSA) is 86.8 Å². The van der Waals surface area contributed by atoms with E-state index >= 15 is 0 Å². The van der Waals surface area contributed by atoms with E-state index < -0.39 is 34.3 Å². The van der Waals surface area contributed by atoms with Gasteiger partial charge in [0.25, 0.3) is 10.0 Å². The Morgan fingerprint density at radius 1 is 0.974 bits per heavy atom. The van der Waals surface area contributed by atoms with E-state index in [1.54, 1.807) is 31.2 Å². The van der Waals surface area contributed by atoms with Gasteiger partial charge in [-0.1, -0.05) is 64.8 Å².